The lowest BCUT2D eigenvalue weighted by molar-refractivity contribution is 0.245. The highest BCUT2D eigenvalue weighted by molar-refractivity contribution is 5.52. The molecule has 1 saturated heterocycles. The molecule has 1 heterocycles. The van der Waals surface area contributed by atoms with E-state index in [1.165, 1.54) is 37.9 Å². The van der Waals surface area contributed by atoms with Crippen molar-refractivity contribution < 1.29 is 0 Å². The van der Waals surface area contributed by atoms with Gasteiger partial charge in [-0.2, -0.15) is 0 Å². The molecule has 17 heavy (non-hydrogen) atoms. The highest BCUT2D eigenvalue weighted by Crippen LogP contribution is 2.15. The Labute approximate surface area is 105 Å². The van der Waals surface area contributed by atoms with Gasteiger partial charge in [-0.1, -0.05) is 55.3 Å². The van der Waals surface area contributed by atoms with Crippen molar-refractivity contribution >= 4 is 6.08 Å². The number of hydrogen-bond donors (Lipinski definition) is 0. The van der Waals surface area contributed by atoms with Crippen molar-refractivity contribution in [2.24, 2.45) is 0 Å². The van der Waals surface area contributed by atoms with Gasteiger partial charge >= 0.3 is 0 Å². The third kappa shape index (κ3) is 4.01. The summed E-state index contributed by atoms with van der Waals surface area (Å²) in [4.78, 5) is 2.60. The summed E-state index contributed by atoms with van der Waals surface area (Å²) in [6, 6.07) is 10.7. The number of piperidine rings is 1. The summed E-state index contributed by atoms with van der Waals surface area (Å²) in [6.07, 6.45) is 7.69. The van der Waals surface area contributed by atoms with Crippen molar-refractivity contribution in [3.05, 3.63) is 41.5 Å². The van der Waals surface area contributed by atoms with Crippen LogP contribution in [0.4, 0.5) is 0 Å². The van der Waals surface area contributed by atoms with Crippen molar-refractivity contribution in [2.45, 2.75) is 32.6 Å². The summed E-state index contributed by atoms with van der Waals surface area (Å²) in [5.41, 5.74) is 2.89. The molecular weight excluding hydrogens is 206 g/mol. The van der Waals surface area contributed by atoms with Gasteiger partial charge in [0.2, 0.25) is 0 Å². The van der Waals surface area contributed by atoms with Crippen molar-refractivity contribution in [2.75, 3.05) is 19.6 Å². The number of benzene rings is 1. The molecule has 0 saturated carbocycles. The molecule has 1 heteroatoms. The average Bonchev–Trinajstić information content (AvgIpc) is 2.40. The van der Waals surface area contributed by atoms with Gasteiger partial charge in [-0.25, -0.2) is 0 Å². The third-order valence-corrected chi connectivity index (χ3v) is 3.50. The first kappa shape index (κ1) is 12.4. The van der Waals surface area contributed by atoms with Crippen LogP contribution in [0.5, 0.6) is 0 Å². The van der Waals surface area contributed by atoms with Crippen molar-refractivity contribution in [3.63, 3.8) is 0 Å². The molecule has 2 rings (SSSR count). The molecule has 0 radical (unpaired) electrons. The maximum atomic E-state index is 2.60. The van der Waals surface area contributed by atoms with E-state index in [1.807, 2.05) is 0 Å². The maximum absolute atomic E-state index is 2.60. The minimum absolute atomic E-state index is 1.16. The van der Waals surface area contributed by atoms with Crippen LogP contribution < -0.4 is 0 Å². The maximum Gasteiger partial charge on any atom is 0.0196 e. The van der Waals surface area contributed by atoms with Crippen LogP contribution in [0.25, 0.3) is 6.08 Å². The second-order valence-corrected chi connectivity index (χ2v) is 4.90. The number of hydrogen-bond acceptors (Lipinski definition) is 1. The zero-order valence-corrected chi connectivity index (χ0v) is 10.9. The first-order valence-electron chi connectivity index (χ1n) is 6.85. The third-order valence-electron chi connectivity index (χ3n) is 3.50. The normalized spacial score (nSPS) is 18.3. The van der Waals surface area contributed by atoms with Crippen LogP contribution in [0.1, 0.15) is 38.2 Å². The lowest BCUT2D eigenvalue weighted by Crippen LogP contribution is -2.31. The van der Waals surface area contributed by atoms with E-state index in [2.05, 4.69) is 48.2 Å². The molecule has 1 aromatic carbocycles. The van der Waals surface area contributed by atoms with E-state index in [0.29, 0.717) is 0 Å². The molecule has 0 amide bonds. The first-order valence-corrected chi connectivity index (χ1v) is 6.85. The molecule has 1 aromatic rings. The Morgan fingerprint density at radius 2 is 1.82 bits per heavy atom. The zero-order valence-electron chi connectivity index (χ0n) is 10.9. The Balaban J connectivity index is 1.98. The van der Waals surface area contributed by atoms with Crippen molar-refractivity contribution in [1.82, 2.24) is 4.90 Å². The highest BCUT2D eigenvalue weighted by Gasteiger charge is 2.10. The second-order valence-electron chi connectivity index (χ2n) is 4.90. The second kappa shape index (κ2) is 6.61. The Bertz CT molecular complexity index is 347. The van der Waals surface area contributed by atoms with E-state index in [4.69, 9.17) is 0 Å². The summed E-state index contributed by atoms with van der Waals surface area (Å²) < 4.78 is 0. The predicted molar refractivity (Wildman–Crippen MR) is 75.0 cm³/mol. The van der Waals surface area contributed by atoms with E-state index in [0.717, 1.165) is 13.0 Å². The first-order chi connectivity index (χ1) is 8.38. The molecule has 0 aliphatic carbocycles. The van der Waals surface area contributed by atoms with E-state index >= 15 is 0 Å². The number of rotatable bonds is 4. The van der Waals surface area contributed by atoms with Crippen LogP contribution in [0.2, 0.25) is 0 Å². The van der Waals surface area contributed by atoms with Crippen LogP contribution in [-0.2, 0) is 0 Å². The molecule has 1 fully saturated rings. The molecule has 0 N–H and O–H groups in total. The lowest BCUT2D eigenvalue weighted by atomic mass is 10.1. The minimum atomic E-state index is 1.16. The van der Waals surface area contributed by atoms with E-state index in [1.54, 1.807) is 5.57 Å². The summed E-state index contributed by atoms with van der Waals surface area (Å²) in [7, 11) is 0. The molecule has 1 aliphatic rings. The van der Waals surface area contributed by atoms with Gasteiger partial charge in [-0.15, -0.1) is 0 Å². The number of likely N-dealkylation sites (tertiary alicyclic amines) is 1. The van der Waals surface area contributed by atoms with Gasteiger partial charge in [0.25, 0.3) is 0 Å². The van der Waals surface area contributed by atoms with Crippen LogP contribution in [0.3, 0.4) is 0 Å². The smallest absolute Gasteiger partial charge is 0.0196 e. The summed E-state index contributed by atoms with van der Waals surface area (Å²) in [5, 5.41) is 0. The van der Waals surface area contributed by atoms with Crippen LogP contribution >= 0.6 is 0 Å². The van der Waals surface area contributed by atoms with Crippen molar-refractivity contribution in [1.29, 1.82) is 0 Å². The topological polar surface area (TPSA) is 3.24 Å². The van der Waals surface area contributed by atoms with E-state index < -0.39 is 0 Å². The van der Waals surface area contributed by atoms with Gasteiger partial charge < -0.3 is 0 Å². The summed E-state index contributed by atoms with van der Waals surface area (Å²) >= 11 is 0. The zero-order chi connectivity index (χ0) is 11.9. The van der Waals surface area contributed by atoms with Gasteiger partial charge in [-0.05, 0) is 37.9 Å². The fourth-order valence-electron chi connectivity index (χ4n) is 2.45. The standard InChI is InChI=1S/C16H23N/c1-2-15(13-16-9-5-3-6-10-16)14-17-11-7-4-8-12-17/h3,5-6,9-10,13H,2,4,7-8,11-12,14H2,1H3. The molecule has 0 spiro atoms. The molecular formula is C16H23N. The Kier molecular flexibility index (Phi) is 4.81. The van der Waals surface area contributed by atoms with Crippen molar-refractivity contribution in [3.8, 4) is 0 Å². The predicted octanol–water partition coefficient (Wildman–Crippen LogP) is 3.97. The fraction of sp³-hybridized carbons (Fsp3) is 0.500. The van der Waals surface area contributed by atoms with Crippen LogP contribution in [0.15, 0.2) is 35.9 Å². The monoisotopic (exact) mass is 229 g/mol. The molecule has 0 atom stereocenters. The van der Waals surface area contributed by atoms with Crippen LogP contribution in [0, 0.1) is 0 Å². The molecule has 0 unspecified atom stereocenters. The van der Waals surface area contributed by atoms with Crippen LogP contribution in [-0.4, -0.2) is 24.5 Å². The molecule has 1 aliphatic heterocycles. The van der Waals surface area contributed by atoms with Gasteiger partial charge in [-0.3, -0.25) is 4.90 Å². The van der Waals surface area contributed by atoms with Gasteiger partial charge in [0, 0.05) is 6.54 Å². The highest BCUT2D eigenvalue weighted by atomic mass is 15.1. The molecule has 0 bridgehead atoms. The Morgan fingerprint density at radius 3 is 2.47 bits per heavy atom. The SMILES string of the molecule is CCC(=Cc1ccccc1)CN1CCCCC1. The fourth-order valence-corrected chi connectivity index (χ4v) is 2.45. The Morgan fingerprint density at radius 1 is 1.12 bits per heavy atom. The quantitative estimate of drug-likeness (QED) is 0.755. The lowest BCUT2D eigenvalue weighted by Gasteiger charge is -2.27. The summed E-state index contributed by atoms with van der Waals surface area (Å²) in [5.74, 6) is 0. The average molecular weight is 229 g/mol. The molecule has 92 valence electrons. The minimum Gasteiger partial charge on any atom is -0.299 e. The van der Waals surface area contributed by atoms with Gasteiger partial charge in [0.1, 0.15) is 0 Å². The van der Waals surface area contributed by atoms with E-state index in [9.17, 15) is 0 Å². The summed E-state index contributed by atoms with van der Waals surface area (Å²) in [6.45, 7) is 5.99. The molecule has 1 nitrogen and oxygen atoms in total. The Hall–Kier alpha value is -1.08. The largest absolute Gasteiger partial charge is 0.299 e. The van der Waals surface area contributed by atoms with Gasteiger partial charge in [0.15, 0.2) is 0 Å². The van der Waals surface area contributed by atoms with E-state index in [-0.39, 0.29) is 0 Å². The molecule has 0 aromatic heterocycles. The number of nitrogens with zero attached hydrogens (tertiary/aromatic N) is 1. The van der Waals surface area contributed by atoms with Gasteiger partial charge in [0.05, 0.1) is 0 Å².